The van der Waals surface area contributed by atoms with Crippen LogP contribution in [0.4, 0.5) is 0 Å². The van der Waals surface area contributed by atoms with Gasteiger partial charge in [-0.1, -0.05) is 63.4 Å². The molecule has 0 radical (unpaired) electrons. The van der Waals surface area contributed by atoms with Gasteiger partial charge >= 0.3 is 0 Å². The summed E-state index contributed by atoms with van der Waals surface area (Å²) in [6, 6.07) is 9.39. The van der Waals surface area contributed by atoms with Gasteiger partial charge in [0.1, 0.15) is 0 Å². The zero-order valence-corrected chi connectivity index (χ0v) is 13.8. The van der Waals surface area contributed by atoms with Crippen LogP contribution in [0.2, 0.25) is 10.0 Å². The Kier molecular flexibility index (Phi) is 4.57. The molecule has 0 spiro atoms. The van der Waals surface area contributed by atoms with Crippen molar-refractivity contribution in [2.45, 2.75) is 19.9 Å². The molecule has 0 saturated carbocycles. The number of nitrogens with two attached hydrogens (primary N) is 1. The van der Waals surface area contributed by atoms with Crippen molar-refractivity contribution >= 4 is 39.1 Å². The maximum Gasteiger partial charge on any atom is 0.0643 e. The fraction of sp³-hybridized carbons (Fsp3) is 0.200. The van der Waals surface area contributed by atoms with Crippen molar-refractivity contribution in [2.75, 3.05) is 0 Å². The Morgan fingerprint density at radius 1 is 1.11 bits per heavy atom. The Morgan fingerprint density at radius 2 is 1.68 bits per heavy atom. The quantitative estimate of drug-likeness (QED) is 0.761. The zero-order valence-electron chi connectivity index (χ0n) is 10.7. The van der Waals surface area contributed by atoms with E-state index in [9.17, 15) is 0 Å². The van der Waals surface area contributed by atoms with E-state index < -0.39 is 0 Å². The molecule has 0 saturated heterocycles. The number of hydrogen-bond donors (Lipinski definition) is 1. The molecule has 1 nitrogen and oxygen atoms in total. The Balaban J connectivity index is 2.50. The fourth-order valence-electron chi connectivity index (χ4n) is 2.10. The van der Waals surface area contributed by atoms with Crippen LogP contribution in [-0.4, -0.2) is 0 Å². The third-order valence-electron chi connectivity index (χ3n) is 3.13. The van der Waals surface area contributed by atoms with E-state index in [1.807, 2.05) is 26.0 Å². The van der Waals surface area contributed by atoms with E-state index in [1.165, 1.54) is 0 Å². The zero-order chi connectivity index (χ0) is 14.2. The van der Waals surface area contributed by atoms with Gasteiger partial charge in [-0.2, -0.15) is 0 Å². The van der Waals surface area contributed by atoms with E-state index in [4.69, 9.17) is 28.9 Å². The van der Waals surface area contributed by atoms with Gasteiger partial charge in [-0.05, 0) is 42.2 Å². The van der Waals surface area contributed by atoms with Crippen LogP contribution in [0.1, 0.15) is 28.3 Å². The normalized spacial score (nSPS) is 12.5. The largest absolute Gasteiger partial charge is 0.320 e. The second-order valence-corrected chi connectivity index (χ2v) is 6.17. The van der Waals surface area contributed by atoms with E-state index in [0.29, 0.717) is 10.0 Å². The van der Waals surface area contributed by atoms with E-state index in [1.54, 1.807) is 6.07 Å². The summed E-state index contributed by atoms with van der Waals surface area (Å²) in [6.07, 6.45) is 0. The minimum atomic E-state index is -0.281. The number of aryl methyl sites for hydroxylation is 2. The third-order valence-corrected chi connectivity index (χ3v) is 5.22. The third kappa shape index (κ3) is 2.97. The average molecular weight is 359 g/mol. The van der Waals surface area contributed by atoms with Gasteiger partial charge in [0.25, 0.3) is 0 Å². The van der Waals surface area contributed by atoms with Crippen molar-refractivity contribution in [3.05, 3.63) is 67.1 Å². The highest BCUT2D eigenvalue weighted by Crippen LogP contribution is 2.33. The molecular weight excluding hydrogens is 345 g/mol. The lowest BCUT2D eigenvalue weighted by Gasteiger charge is -2.17. The van der Waals surface area contributed by atoms with Crippen LogP contribution in [0.15, 0.2) is 34.8 Å². The smallest absolute Gasteiger partial charge is 0.0643 e. The molecule has 1 atom stereocenters. The van der Waals surface area contributed by atoms with Gasteiger partial charge in [0.2, 0.25) is 0 Å². The molecule has 0 heterocycles. The van der Waals surface area contributed by atoms with Crippen molar-refractivity contribution < 1.29 is 0 Å². The van der Waals surface area contributed by atoms with E-state index in [2.05, 4.69) is 28.1 Å². The van der Waals surface area contributed by atoms with Gasteiger partial charge < -0.3 is 5.73 Å². The first-order valence-electron chi connectivity index (χ1n) is 5.88. The highest BCUT2D eigenvalue weighted by molar-refractivity contribution is 9.10. The van der Waals surface area contributed by atoms with E-state index >= 15 is 0 Å². The minimum Gasteiger partial charge on any atom is -0.320 e. The van der Waals surface area contributed by atoms with Crippen LogP contribution in [0, 0.1) is 13.8 Å². The lowest BCUT2D eigenvalue weighted by atomic mass is 9.96. The Hall–Kier alpha value is -0.540. The highest BCUT2D eigenvalue weighted by Gasteiger charge is 2.15. The first-order valence-corrected chi connectivity index (χ1v) is 7.43. The molecule has 2 aromatic rings. The molecule has 2 rings (SSSR count). The van der Waals surface area contributed by atoms with Gasteiger partial charge in [-0.15, -0.1) is 0 Å². The standard InChI is InChI=1S/C15H14BrCl2N/c1-8-6-10(7-9(2)13(8)16)15(19)11-4-3-5-12(17)14(11)18/h3-7,15H,19H2,1-2H3. The van der Waals surface area contributed by atoms with Crippen LogP contribution in [0.25, 0.3) is 0 Å². The van der Waals surface area contributed by atoms with E-state index in [0.717, 1.165) is 26.7 Å². The SMILES string of the molecule is Cc1cc(C(N)c2cccc(Cl)c2Cl)cc(C)c1Br. The van der Waals surface area contributed by atoms with Crippen LogP contribution in [-0.2, 0) is 0 Å². The van der Waals surface area contributed by atoms with Crippen molar-refractivity contribution in [1.29, 1.82) is 0 Å². The summed E-state index contributed by atoms with van der Waals surface area (Å²) in [5, 5.41) is 1.05. The van der Waals surface area contributed by atoms with Crippen molar-refractivity contribution in [3.8, 4) is 0 Å². The van der Waals surface area contributed by atoms with Gasteiger partial charge in [0.05, 0.1) is 16.1 Å². The summed E-state index contributed by atoms with van der Waals surface area (Å²) in [4.78, 5) is 0. The first-order chi connectivity index (χ1) is 8.91. The summed E-state index contributed by atoms with van der Waals surface area (Å²) in [5.74, 6) is 0. The summed E-state index contributed by atoms with van der Waals surface area (Å²) in [5.41, 5.74) is 10.5. The van der Waals surface area contributed by atoms with Crippen LogP contribution < -0.4 is 5.73 Å². The molecule has 2 N–H and O–H groups in total. The molecule has 0 amide bonds. The number of halogens is 3. The van der Waals surface area contributed by atoms with Crippen LogP contribution in [0.3, 0.4) is 0 Å². The summed E-state index contributed by atoms with van der Waals surface area (Å²) < 4.78 is 1.11. The monoisotopic (exact) mass is 357 g/mol. The predicted molar refractivity (Wildman–Crippen MR) is 86.1 cm³/mol. The molecule has 0 aromatic heterocycles. The molecule has 0 aliphatic rings. The number of rotatable bonds is 2. The molecular formula is C15H14BrCl2N. The Morgan fingerprint density at radius 3 is 2.26 bits per heavy atom. The van der Waals surface area contributed by atoms with Gasteiger partial charge in [0, 0.05) is 4.47 Å². The Labute approximate surface area is 131 Å². The number of benzene rings is 2. The maximum atomic E-state index is 6.32. The van der Waals surface area contributed by atoms with Crippen molar-refractivity contribution in [1.82, 2.24) is 0 Å². The topological polar surface area (TPSA) is 26.0 Å². The molecule has 2 aromatic carbocycles. The van der Waals surface area contributed by atoms with Crippen molar-refractivity contribution in [2.24, 2.45) is 5.73 Å². The summed E-state index contributed by atoms with van der Waals surface area (Å²) >= 11 is 15.8. The van der Waals surface area contributed by atoms with Crippen LogP contribution >= 0.6 is 39.1 Å². The lowest BCUT2D eigenvalue weighted by molar-refractivity contribution is 0.867. The molecule has 19 heavy (non-hydrogen) atoms. The second kappa shape index (κ2) is 5.84. The molecule has 0 bridgehead atoms. The first kappa shape index (κ1) is 14.9. The highest BCUT2D eigenvalue weighted by atomic mass is 79.9. The van der Waals surface area contributed by atoms with Gasteiger partial charge in [-0.25, -0.2) is 0 Å². The molecule has 0 fully saturated rings. The average Bonchev–Trinajstić information content (AvgIpc) is 2.38. The summed E-state index contributed by atoms with van der Waals surface area (Å²) in [6.45, 7) is 4.10. The maximum absolute atomic E-state index is 6.32. The van der Waals surface area contributed by atoms with Gasteiger partial charge in [0.15, 0.2) is 0 Å². The summed E-state index contributed by atoms with van der Waals surface area (Å²) in [7, 11) is 0. The molecule has 0 aliphatic carbocycles. The molecule has 1 unspecified atom stereocenters. The minimum absolute atomic E-state index is 0.281. The molecule has 0 aliphatic heterocycles. The van der Waals surface area contributed by atoms with Gasteiger partial charge in [-0.3, -0.25) is 0 Å². The van der Waals surface area contributed by atoms with Crippen LogP contribution in [0.5, 0.6) is 0 Å². The molecule has 100 valence electrons. The number of hydrogen-bond acceptors (Lipinski definition) is 1. The lowest BCUT2D eigenvalue weighted by Crippen LogP contribution is -2.13. The predicted octanol–water partition coefficient (Wildman–Crippen LogP) is 5.42. The fourth-order valence-corrected chi connectivity index (χ4v) is 2.75. The van der Waals surface area contributed by atoms with E-state index in [-0.39, 0.29) is 6.04 Å². The van der Waals surface area contributed by atoms with Crippen molar-refractivity contribution in [3.63, 3.8) is 0 Å². The second-order valence-electron chi connectivity index (χ2n) is 4.59. The molecule has 4 heteroatoms. The Bertz CT molecular complexity index is 603.